The van der Waals surface area contributed by atoms with Gasteiger partial charge in [-0.3, -0.25) is 23.6 Å². The molecule has 2 heterocycles. The van der Waals surface area contributed by atoms with E-state index in [1.807, 2.05) is 0 Å². The number of nitrogens with zero attached hydrogens (tertiary/aromatic N) is 2. The monoisotopic (exact) mass is 417 g/mol. The van der Waals surface area contributed by atoms with Gasteiger partial charge in [-0.05, 0) is 48.1 Å². The van der Waals surface area contributed by atoms with Crippen molar-refractivity contribution in [1.82, 2.24) is 10.3 Å². The number of nitrogens with one attached hydrogen (secondary N) is 2. The Morgan fingerprint density at radius 3 is 2.69 bits per heavy atom. The SMILES string of the molecule is NC1=NS(O)(O)Nc2cccc(OCC3(NC(=O)c4ccncc4)CCCC3)c21. The van der Waals surface area contributed by atoms with E-state index in [1.54, 1.807) is 42.7 Å². The van der Waals surface area contributed by atoms with Crippen LogP contribution in [0.1, 0.15) is 41.6 Å². The number of amidine groups is 1. The number of benzene rings is 1. The Morgan fingerprint density at radius 1 is 1.24 bits per heavy atom. The van der Waals surface area contributed by atoms with Gasteiger partial charge in [-0.25, -0.2) is 0 Å². The highest BCUT2D eigenvalue weighted by molar-refractivity contribution is 8.24. The third-order valence-electron chi connectivity index (χ3n) is 5.14. The zero-order chi connectivity index (χ0) is 20.5. The second kappa shape index (κ2) is 7.54. The van der Waals surface area contributed by atoms with Crippen LogP contribution in [0.3, 0.4) is 0 Å². The second-order valence-electron chi connectivity index (χ2n) is 7.24. The largest absolute Gasteiger partial charge is 0.490 e. The first-order valence-corrected chi connectivity index (χ1v) is 10.8. The molecule has 6 N–H and O–H groups in total. The molecule has 1 amide bonds. The van der Waals surface area contributed by atoms with Gasteiger partial charge in [0.2, 0.25) is 0 Å². The number of hydrogen-bond donors (Lipinski definition) is 5. The molecule has 0 spiro atoms. The number of carbonyl (C=O) groups excluding carboxylic acids is 1. The molecule has 2 aliphatic rings. The number of rotatable bonds is 5. The molecule has 1 aliphatic carbocycles. The number of hydrogen-bond acceptors (Lipinski definition) is 8. The molecule has 154 valence electrons. The number of aromatic nitrogens is 1. The van der Waals surface area contributed by atoms with Gasteiger partial charge in [-0.15, -0.1) is 4.40 Å². The topological polar surface area (TPSA) is 142 Å². The summed E-state index contributed by atoms with van der Waals surface area (Å²) < 4.78 is 32.0. The fraction of sp³-hybridized carbons (Fsp3) is 0.316. The number of nitrogens with two attached hydrogens (primary N) is 1. The molecule has 1 saturated carbocycles. The number of pyridine rings is 1. The smallest absolute Gasteiger partial charge is 0.251 e. The average Bonchev–Trinajstić information content (AvgIpc) is 3.14. The second-order valence-corrected chi connectivity index (χ2v) is 8.67. The highest BCUT2D eigenvalue weighted by Crippen LogP contribution is 2.47. The highest BCUT2D eigenvalue weighted by Gasteiger charge is 2.37. The van der Waals surface area contributed by atoms with E-state index in [-0.39, 0.29) is 18.3 Å². The van der Waals surface area contributed by atoms with Crippen LogP contribution in [0.4, 0.5) is 5.69 Å². The Bertz CT molecular complexity index is 945. The van der Waals surface area contributed by atoms with Gasteiger partial charge in [-0.1, -0.05) is 18.9 Å². The summed E-state index contributed by atoms with van der Waals surface area (Å²) in [5.74, 6) is 0.302. The van der Waals surface area contributed by atoms with Crippen molar-refractivity contribution in [2.24, 2.45) is 10.1 Å². The predicted octanol–water partition coefficient (Wildman–Crippen LogP) is 2.91. The molecule has 0 unspecified atom stereocenters. The third kappa shape index (κ3) is 4.14. The van der Waals surface area contributed by atoms with E-state index >= 15 is 0 Å². The van der Waals surface area contributed by atoms with Gasteiger partial charge in [0, 0.05) is 18.0 Å². The minimum atomic E-state index is -3.36. The van der Waals surface area contributed by atoms with Crippen LogP contribution in [0.2, 0.25) is 0 Å². The normalized spacial score (nSPS) is 20.0. The number of anilines is 1. The number of fused-ring (bicyclic) bond motifs is 1. The van der Waals surface area contributed by atoms with Crippen molar-refractivity contribution in [3.05, 3.63) is 53.9 Å². The van der Waals surface area contributed by atoms with E-state index in [2.05, 4.69) is 19.4 Å². The van der Waals surface area contributed by atoms with Crippen LogP contribution in [-0.4, -0.2) is 38.0 Å². The summed E-state index contributed by atoms with van der Waals surface area (Å²) in [4.78, 5) is 16.6. The maximum absolute atomic E-state index is 12.7. The molecule has 10 heteroatoms. The van der Waals surface area contributed by atoms with Crippen molar-refractivity contribution in [3.63, 3.8) is 0 Å². The Morgan fingerprint density at radius 2 is 1.97 bits per heavy atom. The van der Waals surface area contributed by atoms with Crippen molar-refractivity contribution < 1.29 is 18.6 Å². The number of amides is 1. The summed E-state index contributed by atoms with van der Waals surface area (Å²) >= 11 is 0. The quantitative estimate of drug-likeness (QED) is 0.503. The van der Waals surface area contributed by atoms with Gasteiger partial charge in [0.05, 0.1) is 16.8 Å². The summed E-state index contributed by atoms with van der Waals surface area (Å²) in [5.41, 5.74) is 6.94. The first kappa shape index (κ1) is 19.5. The maximum Gasteiger partial charge on any atom is 0.251 e. The lowest BCUT2D eigenvalue weighted by molar-refractivity contribution is 0.0854. The minimum Gasteiger partial charge on any atom is -0.490 e. The molecule has 1 aromatic carbocycles. The molecule has 0 atom stereocenters. The summed E-state index contributed by atoms with van der Waals surface area (Å²) in [7, 11) is -3.36. The molecule has 1 aromatic heterocycles. The molecule has 9 nitrogen and oxygen atoms in total. The van der Waals surface area contributed by atoms with Crippen LogP contribution in [-0.2, 0) is 0 Å². The number of carbonyl (C=O) groups is 1. The molecule has 0 radical (unpaired) electrons. The van der Waals surface area contributed by atoms with Crippen LogP contribution < -0.4 is 20.5 Å². The van der Waals surface area contributed by atoms with E-state index in [1.165, 1.54) is 0 Å². The van der Waals surface area contributed by atoms with Gasteiger partial charge in [-0.2, -0.15) is 0 Å². The highest BCUT2D eigenvalue weighted by atomic mass is 32.3. The lowest BCUT2D eigenvalue weighted by Gasteiger charge is -2.34. The first-order valence-electron chi connectivity index (χ1n) is 9.28. The molecule has 2 aromatic rings. The average molecular weight is 417 g/mol. The van der Waals surface area contributed by atoms with Gasteiger partial charge < -0.3 is 15.8 Å². The van der Waals surface area contributed by atoms with E-state index in [0.717, 1.165) is 25.7 Å². The van der Waals surface area contributed by atoms with Gasteiger partial charge >= 0.3 is 0 Å². The Balaban J connectivity index is 1.54. The van der Waals surface area contributed by atoms with Crippen molar-refractivity contribution >= 4 is 28.4 Å². The standard InChI is InChI=1S/C19H23N5O4S/c20-17-16-14(23-29(26,27)24-17)4-3-5-15(16)28-12-19(8-1-2-9-19)22-18(25)13-6-10-21-11-7-13/h3-7,10-11,23,26-27H,1-2,8-9,12H2,(H2,20,24)(H,22,25). The van der Waals surface area contributed by atoms with Crippen molar-refractivity contribution in [1.29, 1.82) is 0 Å². The Hall–Kier alpha value is -2.82. The molecule has 1 fully saturated rings. The maximum atomic E-state index is 12.7. The first-order chi connectivity index (χ1) is 13.9. The lowest BCUT2D eigenvalue weighted by Crippen LogP contribution is -2.50. The van der Waals surface area contributed by atoms with Crippen LogP contribution in [0.25, 0.3) is 0 Å². The zero-order valence-electron chi connectivity index (χ0n) is 15.7. The van der Waals surface area contributed by atoms with Gasteiger partial charge in [0.25, 0.3) is 5.91 Å². The summed E-state index contributed by atoms with van der Waals surface area (Å²) in [6.45, 7) is 0.268. The molecule has 1 aliphatic heterocycles. The molecule has 29 heavy (non-hydrogen) atoms. The van der Waals surface area contributed by atoms with Gasteiger partial charge in [0.1, 0.15) is 12.4 Å². The van der Waals surface area contributed by atoms with Crippen LogP contribution in [0, 0.1) is 0 Å². The van der Waals surface area contributed by atoms with E-state index in [0.29, 0.717) is 22.6 Å². The Labute approximate surface area is 170 Å². The fourth-order valence-corrected chi connectivity index (χ4v) is 4.62. The van der Waals surface area contributed by atoms with Crippen LogP contribution in [0.15, 0.2) is 47.1 Å². The van der Waals surface area contributed by atoms with Crippen molar-refractivity contribution in [3.8, 4) is 5.75 Å². The molecule has 4 rings (SSSR count). The minimum absolute atomic E-state index is 0.00403. The van der Waals surface area contributed by atoms with Crippen LogP contribution >= 0.6 is 11.0 Å². The molecule has 0 saturated heterocycles. The number of ether oxygens (including phenoxy) is 1. The van der Waals surface area contributed by atoms with Gasteiger partial charge in [0.15, 0.2) is 5.84 Å². The zero-order valence-corrected chi connectivity index (χ0v) is 16.5. The van der Waals surface area contributed by atoms with Crippen LogP contribution in [0.5, 0.6) is 5.75 Å². The van der Waals surface area contributed by atoms with E-state index < -0.39 is 16.5 Å². The fourth-order valence-electron chi connectivity index (χ4n) is 3.74. The summed E-state index contributed by atoms with van der Waals surface area (Å²) in [6.07, 6.45) is 6.78. The molecular weight excluding hydrogens is 394 g/mol. The predicted molar refractivity (Wildman–Crippen MR) is 112 cm³/mol. The summed E-state index contributed by atoms with van der Waals surface area (Å²) in [5, 5.41) is 3.14. The van der Waals surface area contributed by atoms with Crippen molar-refractivity contribution in [2.75, 3.05) is 11.3 Å². The molecular formula is C19H23N5O4S. The molecule has 0 bridgehead atoms. The van der Waals surface area contributed by atoms with E-state index in [9.17, 15) is 13.9 Å². The Kier molecular flexibility index (Phi) is 5.07. The lowest BCUT2D eigenvalue weighted by atomic mass is 9.98. The third-order valence-corrected chi connectivity index (χ3v) is 6.09. The van der Waals surface area contributed by atoms with E-state index in [4.69, 9.17) is 10.5 Å². The summed E-state index contributed by atoms with van der Waals surface area (Å²) in [6, 6.07) is 8.50. The van der Waals surface area contributed by atoms with Crippen molar-refractivity contribution in [2.45, 2.75) is 31.2 Å².